The van der Waals surface area contributed by atoms with Crippen LogP contribution in [0.5, 0.6) is 0 Å². The molecule has 4 rings (SSSR count). The minimum absolute atomic E-state index is 0.314. The highest BCUT2D eigenvalue weighted by molar-refractivity contribution is 5.54. The molecule has 0 amide bonds. The van der Waals surface area contributed by atoms with Crippen LogP contribution in [0.25, 0.3) is 0 Å². The lowest BCUT2D eigenvalue weighted by molar-refractivity contribution is 0.0582. The molecule has 2 fully saturated rings. The lowest BCUT2D eigenvalue weighted by Crippen LogP contribution is -2.36. The smallest absolute Gasteiger partial charge is 0.0684 e. The molecule has 1 heteroatoms. The van der Waals surface area contributed by atoms with Gasteiger partial charge in [-0.25, -0.2) is 0 Å². The molecule has 0 saturated heterocycles. The van der Waals surface area contributed by atoms with Crippen LogP contribution in [0.4, 0.5) is 0 Å². The van der Waals surface area contributed by atoms with E-state index in [0.717, 1.165) is 18.3 Å². The topological polar surface area (TPSA) is 12.4 Å². The maximum absolute atomic E-state index is 4.64. The number of hydrogen-bond donors (Lipinski definition) is 0. The Kier molecular flexibility index (Phi) is 8.10. The van der Waals surface area contributed by atoms with Crippen molar-refractivity contribution in [2.45, 2.75) is 96.9 Å². The van der Waals surface area contributed by atoms with Crippen molar-refractivity contribution in [2.75, 3.05) is 0 Å². The molecule has 0 aliphatic heterocycles. The fourth-order valence-corrected chi connectivity index (χ4v) is 7.24. The summed E-state index contributed by atoms with van der Waals surface area (Å²) in [4.78, 5) is 4.64. The summed E-state index contributed by atoms with van der Waals surface area (Å²) in [5, 5.41) is 0. The highest BCUT2D eigenvalue weighted by atomic mass is 14.8. The lowest BCUT2D eigenvalue weighted by Gasteiger charge is -2.49. The minimum atomic E-state index is 0.314. The standard InChI is InChI=1S/C32H45N/c1-5-10-26-21-30(28-11-8-7-9-12-28)23-32(22-26)17-15-27(16-18-32)25(4)29-13-14-31(33-6-2)20-24(3)19-29/h6-9,11-14,19,24,26-27,30-31H,4-5,10,15-18,20-23H2,1-3H3/b33-6-. The average molecular weight is 444 g/mol. The Labute approximate surface area is 203 Å². The fraction of sp³-hybridized carbons (Fsp3) is 0.594. The highest BCUT2D eigenvalue weighted by Gasteiger charge is 2.43. The zero-order chi connectivity index (χ0) is 23.3. The van der Waals surface area contributed by atoms with Gasteiger partial charge in [0.2, 0.25) is 0 Å². The van der Waals surface area contributed by atoms with Gasteiger partial charge in [-0.3, -0.25) is 4.99 Å². The Balaban J connectivity index is 1.44. The first-order chi connectivity index (χ1) is 16.0. The monoisotopic (exact) mass is 443 g/mol. The summed E-state index contributed by atoms with van der Waals surface area (Å²) in [6.45, 7) is 11.3. The molecule has 2 saturated carbocycles. The van der Waals surface area contributed by atoms with Gasteiger partial charge in [0.05, 0.1) is 6.04 Å². The second-order valence-corrected chi connectivity index (χ2v) is 11.4. The maximum Gasteiger partial charge on any atom is 0.0684 e. The third-order valence-electron chi connectivity index (χ3n) is 8.81. The van der Waals surface area contributed by atoms with Crippen LogP contribution in [0.3, 0.4) is 0 Å². The summed E-state index contributed by atoms with van der Waals surface area (Å²) >= 11 is 0. The van der Waals surface area contributed by atoms with E-state index in [1.165, 1.54) is 68.9 Å². The summed E-state index contributed by atoms with van der Waals surface area (Å²) in [5.41, 5.74) is 4.90. The largest absolute Gasteiger partial charge is 0.290 e. The first-order valence-electron chi connectivity index (χ1n) is 13.6. The number of benzene rings is 1. The Morgan fingerprint density at radius 3 is 2.58 bits per heavy atom. The third-order valence-corrected chi connectivity index (χ3v) is 8.81. The number of nitrogens with zero attached hydrogens (tertiary/aromatic N) is 1. The molecule has 0 aromatic heterocycles. The van der Waals surface area contributed by atoms with Crippen molar-refractivity contribution in [3.05, 3.63) is 71.8 Å². The zero-order valence-electron chi connectivity index (χ0n) is 21.3. The van der Waals surface area contributed by atoms with E-state index < -0.39 is 0 Å². The minimum Gasteiger partial charge on any atom is -0.290 e. The van der Waals surface area contributed by atoms with Crippen LogP contribution in [0, 0.1) is 23.2 Å². The van der Waals surface area contributed by atoms with Gasteiger partial charge in [-0.05, 0) is 110 Å². The predicted octanol–water partition coefficient (Wildman–Crippen LogP) is 9.08. The van der Waals surface area contributed by atoms with Gasteiger partial charge < -0.3 is 0 Å². The quantitative estimate of drug-likeness (QED) is 0.389. The summed E-state index contributed by atoms with van der Waals surface area (Å²) in [6.07, 6.45) is 22.5. The van der Waals surface area contributed by atoms with Gasteiger partial charge in [-0.2, -0.15) is 0 Å². The van der Waals surface area contributed by atoms with Gasteiger partial charge in [0.25, 0.3) is 0 Å². The van der Waals surface area contributed by atoms with Crippen molar-refractivity contribution in [2.24, 2.45) is 28.2 Å². The van der Waals surface area contributed by atoms with Crippen molar-refractivity contribution >= 4 is 6.21 Å². The number of aliphatic imine (C=N–C) groups is 1. The molecule has 178 valence electrons. The van der Waals surface area contributed by atoms with E-state index in [-0.39, 0.29) is 0 Å². The molecule has 3 aliphatic rings. The Bertz CT molecular complexity index is 865. The van der Waals surface area contributed by atoms with Crippen LogP contribution in [0.2, 0.25) is 0 Å². The second-order valence-electron chi connectivity index (χ2n) is 11.4. The number of rotatable bonds is 6. The Hall–Kier alpha value is -1.89. The lowest BCUT2D eigenvalue weighted by atomic mass is 9.56. The molecule has 0 radical (unpaired) electrons. The molecule has 4 unspecified atom stereocenters. The van der Waals surface area contributed by atoms with Gasteiger partial charge in [-0.15, -0.1) is 0 Å². The number of allylic oxidation sites excluding steroid dienone is 4. The van der Waals surface area contributed by atoms with Gasteiger partial charge in [0, 0.05) is 0 Å². The van der Waals surface area contributed by atoms with Crippen LogP contribution in [0.1, 0.15) is 96.5 Å². The van der Waals surface area contributed by atoms with Crippen LogP contribution in [-0.4, -0.2) is 12.3 Å². The molecular formula is C32H45N. The third kappa shape index (κ3) is 5.97. The van der Waals surface area contributed by atoms with E-state index in [0.29, 0.717) is 23.3 Å². The van der Waals surface area contributed by atoms with Crippen LogP contribution in [0.15, 0.2) is 71.3 Å². The molecule has 1 spiro atoms. The summed E-state index contributed by atoms with van der Waals surface area (Å²) < 4.78 is 0. The molecular weight excluding hydrogens is 398 g/mol. The number of hydrogen-bond acceptors (Lipinski definition) is 1. The summed E-state index contributed by atoms with van der Waals surface area (Å²) in [7, 11) is 0. The summed E-state index contributed by atoms with van der Waals surface area (Å²) in [6, 6.07) is 11.7. The van der Waals surface area contributed by atoms with Crippen molar-refractivity contribution in [1.29, 1.82) is 0 Å². The van der Waals surface area contributed by atoms with Crippen molar-refractivity contribution < 1.29 is 0 Å². The molecule has 33 heavy (non-hydrogen) atoms. The molecule has 1 aromatic rings. The van der Waals surface area contributed by atoms with E-state index in [2.05, 4.69) is 74.0 Å². The van der Waals surface area contributed by atoms with Gasteiger partial charge in [0.1, 0.15) is 0 Å². The normalized spacial score (nSPS) is 34.9. The molecule has 1 nitrogen and oxygen atoms in total. The van der Waals surface area contributed by atoms with Crippen LogP contribution >= 0.6 is 0 Å². The van der Waals surface area contributed by atoms with E-state index in [4.69, 9.17) is 0 Å². The molecule has 3 aliphatic carbocycles. The molecule has 0 heterocycles. The van der Waals surface area contributed by atoms with Crippen LogP contribution in [-0.2, 0) is 0 Å². The van der Waals surface area contributed by atoms with E-state index >= 15 is 0 Å². The molecule has 4 atom stereocenters. The van der Waals surface area contributed by atoms with Crippen molar-refractivity contribution in [3.63, 3.8) is 0 Å². The van der Waals surface area contributed by atoms with Crippen LogP contribution < -0.4 is 0 Å². The first kappa shape index (κ1) is 24.2. The van der Waals surface area contributed by atoms with Gasteiger partial charge in [0.15, 0.2) is 0 Å². The second kappa shape index (κ2) is 11.0. The Morgan fingerprint density at radius 1 is 1.12 bits per heavy atom. The molecule has 1 aromatic carbocycles. The van der Waals surface area contributed by atoms with Gasteiger partial charge in [-0.1, -0.05) is 81.8 Å². The maximum atomic E-state index is 4.64. The van der Waals surface area contributed by atoms with E-state index in [9.17, 15) is 0 Å². The fourth-order valence-electron chi connectivity index (χ4n) is 7.24. The van der Waals surface area contributed by atoms with E-state index in [1.807, 2.05) is 13.1 Å². The van der Waals surface area contributed by atoms with E-state index in [1.54, 1.807) is 5.56 Å². The predicted molar refractivity (Wildman–Crippen MR) is 144 cm³/mol. The highest BCUT2D eigenvalue weighted by Crippen LogP contribution is 2.56. The van der Waals surface area contributed by atoms with Crippen molar-refractivity contribution in [3.8, 4) is 0 Å². The molecule has 0 bridgehead atoms. The van der Waals surface area contributed by atoms with Gasteiger partial charge >= 0.3 is 0 Å². The zero-order valence-corrected chi connectivity index (χ0v) is 21.3. The Morgan fingerprint density at radius 2 is 1.88 bits per heavy atom. The molecule has 0 N–H and O–H groups in total. The average Bonchev–Trinajstić information content (AvgIpc) is 3.01. The SMILES string of the molecule is C=C(C1=CC(C)CC(/N=C\C)C=C1)C1CCC2(CC1)CC(CCC)CC(c1ccccc1)C2. The first-order valence-corrected chi connectivity index (χ1v) is 13.6. The summed E-state index contributed by atoms with van der Waals surface area (Å²) in [5.74, 6) is 2.85. The van der Waals surface area contributed by atoms with Crippen molar-refractivity contribution in [1.82, 2.24) is 0 Å².